The van der Waals surface area contributed by atoms with Gasteiger partial charge in [0.15, 0.2) is 5.78 Å². The second-order valence-corrected chi connectivity index (χ2v) is 6.45. The van der Waals surface area contributed by atoms with E-state index in [2.05, 4.69) is 4.72 Å². The summed E-state index contributed by atoms with van der Waals surface area (Å²) in [5, 5.41) is 0. The molecule has 1 aromatic rings. The van der Waals surface area contributed by atoms with E-state index < -0.39 is 10.0 Å². The van der Waals surface area contributed by atoms with E-state index in [1.54, 1.807) is 12.1 Å². The zero-order valence-corrected chi connectivity index (χ0v) is 11.9. The first-order chi connectivity index (χ1) is 8.24. The quantitative estimate of drug-likeness (QED) is 0.834. The van der Waals surface area contributed by atoms with Crippen molar-refractivity contribution in [3.05, 3.63) is 29.8 Å². The smallest absolute Gasteiger partial charge is 0.240 e. The molecule has 1 rings (SSSR count). The third-order valence-electron chi connectivity index (χ3n) is 2.89. The first-order valence-corrected chi connectivity index (χ1v) is 7.35. The molecule has 100 valence electrons. The standard InChI is InChI=1S/C13H19NO3S/c1-9(2)10(3)14-18(16,17)13-7-5-6-12(8-13)11(4)15/h5-10,14H,1-4H3. The summed E-state index contributed by atoms with van der Waals surface area (Å²) in [6.07, 6.45) is 0. The number of hydrogen-bond acceptors (Lipinski definition) is 3. The Bertz CT molecular complexity index is 535. The molecule has 0 radical (unpaired) electrons. The normalized spacial score (nSPS) is 13.6. The van der Waals surface area contributed by atoms with E-state index in [9.17, 15) is 13.2 Å². The number of sulfonamides is 1. The van der Waals surface area contributed by atoms with Crippen LogP contribution in [0, 0.1) is 5.92 Å². The monoisotopic (exact) mass is 269 g/mol. The van der Waals surface area contributed by atoms with Crippen LogP contribution in [0.1, 0.15) is 38.1 Å². The van der Waals surface area contributed by atoms with Crippen molar-refractivity contribution in [3.8, 4) is 0 Å². The maximum Gasteiger partial charge on any atom is 0.240 e. The summed E-state index contributed by atoms with van der Waals surface area (Å²) in [6, 6.07) is 5.91. The molecule has 4 nitrogen and oxygen atoms in total. The van der Waals surface area contributed by atoms with Crippen molar-refractivity contribution in [2.24, 2.45) is 5.92 Å². The maximum atomic E-state index is 12.1. The van der Waals surface area contributed by atoms with Crippen LogP contribution >= 0.6 is 0 Å². The van der Waals surface area contributed by atoms with Crippen LogP contribution in [-0.4, -0.2) is 20.2 Å². The Balaban J connectivity index is 3.05. The van der Waals surface area contributed by atoms with Gasteiger partial charge in [-0.25, -0.2) is 13.1 Å². The number of Topliss-reactive ketones (excluding diaryl/α,β-unsaturated/α-hetero) is 1. The number of hydrogen-bond donors (Lipinski definition) is 1. The fourth-order valence-corrected chi connectivity index (χ4v) is 2.77. The molecular formula is C13H19NO3S. The van der Waals surface area contributed by atoms with Crippen LogP contribution in [0.4, 0.5) is 0 Å². The molecule has 0 aromatic heterocycles. The molecule has 1 atom stereocenters. The molecule has 0 bridgehead atoms. The highest BCUT2D eigenvalue weighted by Crippen LogP contribution is 2.14. The van der Waals surface area contributed by atoms with Crippen LogP contribution in [0.5, 0.6) is 0 Å². The lowest BCUT2D eigenvalue weighted by Gasteiger charge is -2.17. The summed E-state index contributed by atoms with van der Waals surface area (Å²) < 4.78 is 26.8. The lowest BCUT2D eigenvalue weighted by Crippen LogP contribution is -2.36. The molecule has 0 amide bonds. The number of nitrogens with one attached hydrogen (secondary N) is 1. The zero-order chi connectivity index (χ0) is 13.9. The van der Waals surface area contributed by atoms with Crippen molar-refractivity contribution < 1.29 is 13.2 Å². The van der Waals surface area contributed by atoms with Gasteiger partial charge in [0.05, 0.1) is 4.90 Å². The third kappa shape index (κ3) is 3.65. The Morgan fingerprint density at radius 2 is 1.83 bits per heavy atom. The van der Waals surface area contributed by atoms with Crippen molar-refractivity contribution in [3.63, 3.8) is 0 Å². The van der Waals surface area contributed by atoms with E-state index in [4.69, 9.17) is 0 Å². The van der Waals surface area contributed by atoms with E-state index in [1.165, 1.54) is 19.1 Å². The predicted molar refractivity (Wildman–Crippen MR) is 71.1 cm³/mol. The zero-order valence-electron chi connectivity index (χ0n) is 11.1. The van der Waals surface area contributed by atoms with Crippen LogP contribution < -0.4 is 4.72 Å². The van der Waals surface area contributed by atoms with Crippen LogP contribution in [0.15, 0.2) is 29.2 Å². The number of carbonyl (C=O) groups is 1. The minimum Gasteiger partial charge on any atom is -0.295 e. The topological polar surface area (TPSA) is 63.2 Å². The second-order valence-electron chi connectivity index (χ2n) is 4.74. The van der Waals surface area contributed by atoms with Crippen molar-refractivity contribution in [1.29, 1.82) is 0 Å². The molecule has 5 heteroatoms. The van der Waals surface area contributed by atoms with Gasteiger partial charge < -0.3 is 0 Å². The van der Waals surface area contributed by atoms with Crippen LogP contribution in [0.3, 0.4) is 0 Å². The van der Waals surface area contributed by atoms with Gasteiger partial charge in [-0.05, 0) is 31.9 Å². The minimum atomic E-state index is -3.56. The summed E-state index contributed by atoms with van der Waals surface area (Å²) in [4.78, 5) is 11.4. The van der Waals surface area contributed by atoms with Crippen LogP contribution in [0.25, 0.3) is 0 Å². The van der Waals surface area contributed by atoms with Gasteiger partial charge in [0.25, 0.3) is 0 Å². The predicted octanol–water partition coefficient (Wildman–Crippen LogP) is 2.21. The third-order valence-corrected chi connectivity index (χ3v) is 4.45. The molecular weight excluding hydrogens is 250 g/mol. The van der Waals surface area contributed by atoms with Gasteiger partial charge in [-0.15, -0.1) is 0 Å². The molecule has 1 N–H and O–H groups in total. The fraction of sp³-hybridized carbons (Fsp3) is 0.462. The highest BCUT2D eigenvalue weighted by atomic mass is 32.2. The molecule has 0 aliphatic rings. The highest BCUT2D eigenvalue weighted by Gasteiger charge is 2.19. The van der Waals surface area contributed by atoms with Crippen molar-refractivity contribution in [1.82, 2.24) is 4.72 Å². The summed E-state index contributed by atoms with van der Waals surface area (Å²) in [7, 11) is -3.56. The average molecular weight is 269 g/mol. The lowest BCUT2D eigenvalue weighted by atomic mass is 10.1. The van der Waals surface area contributed by atoms with E-state index in [-0.39, 0.29) is 22.6 Å². The number of carbonyl (C=O) groups excluding carboxylic acids is 1. The first kappa shape index (κ1) is 14.9. The molecule has 0 saturated heterocycles. The van der Waals surface area contributed by atoms with Gasteiger partial charge in [0.2, 0.25) is 10.0 Å². The maximum absolute atomic E-state index is 12.1. The Morgan fingerprint density at radius 1 is 1.22 bits per heavy atom. The average Bonchev–Trinajstić information content (AvgIpc) is 2.28. The molecule has 1 unspecified atom stereocenters. The molecule has 0 heterocycles. The van der Waals surface area contributed by atoms with Gasteiger partial charge in [-0.1, -0.05) is 26.0 Å². The summed E-state index contributed by atoms with van der Waals surface area (Å²) in [5.74, 6) is 0.0553. The molecule has 0 saturated carbocycles. The minimum absolute atomic E-state index is 0.128. The van der Waals surface area contributed by atoms with E-state index in [1.807, 2.05) is 20.8 Å². The molecule has 18 heavy (non-hydrogen) atoms. The van der Waals surface area contributed by atoms with E-state index in [0.29, 0.717) is 5.56 Å². The van der Waals surface area contributed by atoms with Crippen molar-refractivity contribution in [2.75, 3.05) is 0 Å². The first-order valence-electron chi connectivity index (χ1n) is 5.87. The molecule has 0 aliphatic carbocycles. The van der Waals surface area contributed by atoms with Gasteiger partial charge in [-0.3, -0.25) is 4.79 Å². The van der Waals surface area contributed by atoms with Gasteiger partial charge in [-0.2, -0.15) is 0 Å². The Hall–Kier alpha value is -1.20. The summed E-state index contributed by atoms with van der Waals surface area (Å²) in [6.45, 7) is 7.12. The van der Waals surface area contributed by atoms with Crippen LogP contribution in [-0.2, 0) is 10.0 Å². The summed E-state index contributed by atoms with van der Waals surface area (Å²) in [5.41, 5.74) is 0.398. The van der Waals surface area contributed by atoms with Gasteiger partial charge >= 0.3 is 0 Å². The largest absolute Gasteiger partial charge is 0.295 e. The lowest BCUT2D eigenvalue weighted by molar-refractivity contribution is 0.101. The van der Waals surface area contributed by atoms with E-state index in [0.717, 1.165) is 0 Å². The number of benzene rings is 1. The van der Waals surface area contributed by atoms with Gasteiger partial charge in [0, 0.05) is 11.6 Å². The molecule has 0 aliphatic heterocycles. The SMILES string of the molecule is CC(=O)c1cccc(S(=O)(=O)NC(C)C(C)C)c1. The molecule has 0 fully saturated rings. The highest BCUT2D eigenvalue weighted by molar-refractivity contribution is 7.89. The fourth-order valence-electron chi connectivity index (χ4n) is 1.33. The molecule has 1 aromatic carbocycles. The molecule has 0 spiro atoms. The summed E-state index contributed by atoms with van der Waals surface area (Å²) >= 11 is 0. The van der Waals surface area contributed by atoms with E-state index >= 15 is 0 Å². The second kappa shape index (κ2) is 5.63. The Morgan fingerprint density at radius 3 is 2.33 bits per heavy atom. The number of ketones is 1. The van der Waals surface area contributed by atoms with Crippen molar-refractivity contribution >= 4 is 15.8 Å². The van der Waals surface area contributed by atoms with Crippen LogP contribution in [0.2, 0.25) is 0 Å². The Kier molecular flexibility index (Phi) is 4.65. The number of rotatable bonds is 5. The van der Waals surface area contributed by atoms with Crippen molar-refractivity contribution in [2.45, 2.75) is 38.6 Å². The van der Waals surface area contributed by atoms with Gasteiger partial charge in [0.1, 0.15) is 0 Å². The Labute approximate surface area is 108 Å².